The molecule has 7 heteroatoms. The van der Waals surface area contributed by atoms with E-state index in [1.807, 2.05) is 18.2 Å². The Morgan fingerprint density at radius 2 is 2.35 bits per heavy atom. The van der Waals surface area contributed by atoms with Gasteiger partial charge in [0.2, 0.25) is 0 Å². The highest BCUT2D eigenvalue weighted by atomic mass is 79.9. The van der Waals surface area contributed by atoms with Crippen LogP contribution in [0.1, 0.15) is 16.1 Å². The quantitative estimate of drug-likeness (QED) is 0.685. The molecule has 0 saturated carbocycles. The maximum Gasteiger partial charge on any atom is 0.261 e. The number of nitrogens with one attached hydrogen (secondary N) is 2. The lowest BCUT2D eigenvalue weighted by Gasteiger charge is -2.02. The zero-order valence-corrected chi connectivity index (χ0v) is 11.9. The number of aromatic nitrogens is 2. The van der Waals surface area contributed by atoms with Crippen molar-refractivity contribution in [1.29, 1.82) is 0 Å². The number of benzene rings is 1. The van der Waals surface area contributed by atoms with Crippen molar-refractivity contribution in [2.45, 2.75) is 6.54 Å². The molecule has 4 N–H and O–H groups in total. The molecular formula is C13H11BrN4O2. The van der Waals surface area contributed by atoms with Gasteiger partial charge < -0.3 is 20.6 Å². The second kappa shape index (κ2) is 5.10. The molecule has 0 aliphatic rings. The average Bonchev–Trinajstić information content (AvgIpc) is 3.05. The van der Waals surface area contributed by atoms with Crippen molar-refractivity contribution in [3.05, 3.63) is 46.4 Å². The van der Waals surface area contributed by atoms with E-state index in [2.05, 4.69) is 31.4 Å². The van der Waals surface area contributed by atoms with Gasteiger partial charge in [-0.05, 0) is 18.2 Å². The van der Waals surface area contributed by atoms with Crippen LogP contribution >= 0.6 is 15.9 Å². The molecule has 2 aromatic heterocycles. The van der Waals surface area contributed by atoms with E-state index in [9.17, 15) is 4.79 Å². The molecule has 2 heterocycles. The fraction of sp³-hybridized carbons (Fsp3) is 0.0769. The van der Waals surface area contributed by atoms with E-state index in [0.29, 0.717) is 16.9 Å². The predicted molar refractivity (Wildman–Crippen MR) is 78.3 cm³/mol. The van der Waals surface area contributed by atoms with Crippen molar-refractivity contribution >= 4 is 38.4 Å². The van der Waals surface area contributed by atoms with Crippen molar-refractivity contribution < 1.29 is 9.32 Å². The summed E-state index contributed by atoms with van der Waals surface area (Å²) in [6.07, 6.45) is 3.04. The molecule has 3 rings (SSSR count). The van der Waals surface area contributed by atoms with Crippen molar-refractivity contribution in [3.8, 4) is 0 Å². The maximum atomic E-state index is 12.2. The third-order valence-corrected chi connectivity index (χ3v) is 3.47. The number of anilines is 1. The molecule has 102 valence electrons. The van der Waals surface area contributed by atoms with Gasteiger partial charge in [0.05, 0.1) is 5.69 Å². The van der Waals surface area contributed by atoms with Crippen LogP contribution in [-0.4, -0.2) is 16.0 Å². The first-order chi connectivity index (χ1) is 9.69. The number of hydrogen-bond donors (Lipinski definition) is 3. The summed E-state index contributed by atoms with van der Waals surface area (Å²) in [5, 5.41) is 7.43. The number of hydrogen-bond acceptors (Lipinski definition) is 4. The number of aromatic amines is 1. The van der Waals surface area contributed by atoms with Crippen LogP contribution in [0.3, 0.4) is 0 Å². The lowest BCUT2D eigenvalue weighted by Crippen LogP contribution is -2.14. The number of H-pyrrole nitrogens is 1. The summed E-state index contributed by atoms with van der Waals surface area (Å²) in [5.74, 6) is -0.296. The number of carbonyl (C=O) groups is 1. The van der Waals surface area contributed by atoms with Gasteiger partial charge >= 0.3 is 0 Å². The SMILES string of the molecule is NCc1nocc1C(=O)Nc1c[nH]c2cc(Br)ccc12. The summed E-state index contributed by atoms with van der Waals surface area (Å²) in [4.78, 5) is 15.3. The molecule has 20 heavy (non-hydrogen) atoms. The second-order valence-corrected chi connectivity index (χ2v) is 5.14. The largest absolute Gasteiger partial charge is 0.364 e. The molecule has 0 aliphatic heterocycles. The zero-order chi connectivity index (χ0) is 14.1. The highest BCUT2D eigenvalue weighted by Crippen LogP contribution is 2.26. The summed E-state index contributed by atoms with van der Waals surface area (Å²) in [6.45, 7) is 0.153. The summed E-state index contributed by atoms with van der Waals surface area (Å²) in [6, 6.07) is 5.77. The molecule has 0 aliphatic carbocycles. The van der Waals surface area contributed by atoms with E-state index in [4.69, 9.17) is 10.3 Å². The maximum absolute atomic E-state index is 12.2. The average molecular weight is 335 g/mol. The van der Waals surface area contributed by atoms with Crippen molar-refractivity contribution in [1.82, 2.24) is 10.1 Å². The van der Waals surface area contributed by atoms with Crippen molar-refractivity contribution in [2.24, 2.45) is 5.73 Å². The molecule has 0 unspecified atom stereocenters. The molecular weight excluding hydrogens is 324 g/mol. The van der Waals surface area contributed by atoms with Gasteiger partial charge in [-0.15, -0.1) is 0 Å². The van der Waals surface area contributed by atoms with Crippen LogP contribution in [-0.2, 0) is 6.54 Å². The third-order valence-electron chi connectivity index (χ3n) is 2.97. The van der Waals surface area contributed by atoms with Gasteiger partial charge in [-0.3, -0.25) is 4.79 Å². The molecule has 1 aromatic carbocycles. The van der Waals surface area contributed by atoms with Crippen LogP contribution in [0.2, 0.25) is 0 Å². The first-order valence-electron chi connectivity index (χ1n) is 5.90. The van der Waals surface area contributed by atoms with E-state index in [1.165, 1.54) is 6.26 Å². The Morgan fingerprint density at radius 3 is 3.15 bits per heavy atom. The number of rotatable bonds is 3. The smallest absolute Gasteiger partial charge is 0.261 e. The fourth-order valence-corrected chi connectivity index (χ4v) is 2.34. The van der Waals surface area contributed by atoms with Gasteiger partial charge in [-0.25, -0.2) is 0 Å². The minimum absolute atomic E-state index is 0.153. The Hall–Kier alpha value is -2.12. The molecule has 0 spiro atoms. The number of carbonyl (C=O) groups excluding carboxylic acids is 1. The van der Waals surface area contributed by atoms with Gasteiger partial charge in [-0.1, -0.05) is 21.1 Å². The lowest BCUT2D eigenvalue weighted by molar-refractivity contribution is 0.102. The third kappa shape index (κ3) is 2.21. The van der Waals surface area contributed by atoms with Crippen LogP contribution in [0.15, 0.2) is 39.7 Å². The fourth-order valence-electron chi connectivity index (χ4n) is 1.98. The minimum Gasteiger partial charge on any atom is -0.364 e. The highest BCUT2D eigenvalue weighted by molar-refractivity contribution is 9.10. The van der Waals surface area contributed by atoms with E-state index in [1.54, 1.807) is 6.20 Å². The Balaban J connectivity index is 1.91. The topological polar surface area (TPSA) is 96.9 Å². The molecule has 3 aromatic rings. The number of halogens is 1. The van der Waals surface area contributed by atoms with Crippen molar-refractivity contribution in [3.63, 3.8) is 0 Å². The van der Waals surface area contributed by atoms with E-state index in [0.717, 1.165) is 15.4 Å². The molecule has 0 fully saturated rings. The Morgan fingerprint density at radius 1 is 1.50 bits per heavy atom. The molecule has 0 saturated heterocycles. The summed E-state index contributed by atoms with van der Waals surface area (Å²) in [5.41, 5.74) is 7.91. The van der Waals surface area contributed by atoms with Crippen LogP contribution < -0.4 is 11.1 Å². The highest BCUT2D eigenvalue weighted by Gasteiger charge is 2.16. The van der Waals surface area contributed by atoms with Gasteiger partial charge in [-0.2, -0.15) is 0 Å². The number of amides is 1. The Labute approximate surface area is 122 Å². The molecule has 0 bridgehead atoms. The standard InChI is InChI=1S/C13H11BrN4O2/c14-7-1-2-8-10(3-7)16-5-12(8)17-13(19)9-6-20-18-11(9)4-15/h1-3,5-6,16H,4,15H2,(H,17,19). The number of fused-ring (bicyclic) bond motifs is 1. The lowest BCUT2D eigenvalue weighted by atomic mass is 10.2. The van der Waals surface area contributed by atoms with Gasteiger partial charge in [0.25, 0.3) is 5.91 Å². The number of nitrogens with two attached hydrogens (primary N) is 1. The second-order valence-electron chi connectivity index (χ2n) is 4.23. The van der Waals surface area contributed by atoms with Crippen LogP contribution in [0.4, 0.5) is 5.69 Å². The molecule has 6 nitrogen and oxygen atoms in total. The molecule has 0 atom stereocenters. The zero-order valence-electron chi connectivity index (χ0n) is 10.3. The van der Waals surface area contributed by atoms with Crippen LogP contribution in [0, 0.1) is 0 Å². The molecule has 1 amide bonds. The van der Waals surface area contributed by atoms with Gasteiger partial charge in [0, 0.05) is 28.1 Å². The summed E-state index contributed by atoms with van der Waals surface area (Å²) < 4.78 is 5.74. The van der Waals surface area contributed by atoms with E-state index in [-0.39, 0.29) is 12.5 Å². The Kier molecular flexibility index (Phi) is 3.29. The monoisotopic (exact) mass is 334 g/mol. The first-order valence-corrected chi connectivity index (χ1v) is 6.69. The first kappa shape index (κ1) is 12.9. The van der Waals surface area contributed by atoms with Gasteiger partial charge in [0.15, 0.2) is 0 Å². The van der Waals surface area contributed by atoms with Gasteiger partial charge in [0.1, 0.15) is 17.5 Å². The number of nitrogens with zero attached hydrogens (tertiary/aromatic N) is 1. The Bertz CT molecular complexity index is 778. The van der Waals surface area contributed by atoms with Crippen LogP contribution in [0.5, 0.6) is 0 Å². The van der Waals surface area contributed by atoms with Crippen molar-refractivity contribution in [2.75, 3.05) is 5.32 Å². The predicted octanol–water partition coefficient (Wildman–Crippen LogP) is 2.63. The minimum atomic E-state index is -0.296. The van der Waals surface area contributed by atoms with E-state index >= 15 is 0 Å². The summed E-state index contributed by atoms with van der Waals surface area (Å²) >= 11 is 3.40. The van der Waals surface area contributed by atoms with E-state index < -0.39 is 0 Å². The van der Waals surface area contributed by atoms with Crippen LogP contribution in [0.25, 0.3) is 10.9 Å². The molecule has 0 radical (unpaired) electrons. The summed E-state index contributed by atoms with van der Waals surface area (Å²) in [7, 11) is 0. The normalized spacial score (nSPS) is 10.9.